The minimum absolute atomic E-state index is 0.124. The third kappa shape index (κ3) is 4.12. The lowest BCUT2D eigenvalue weighted by molar-refractivity contribution is -0.136. The number of hydrogen-bond acceptors (Lipinski definition) is 7. The van der Waals surface area contributed by atoms with E-state index >= 15 is 0 Å². The largest absolute Gasteiger partial charge is 0.486 e. The molecule has 1 aliphatic rings. The van der Waals surface area contributed by atoms with Crippen LogP contribution >= 0.6 is 22.7 Å². The summed E-state index contributed by atoms with van der Waals surface area (Å²) in [6.07, 6.45) is 0. The average Bonchev–Trinajstić information content (AvgIpc) is 3.46. The summed E-state index contributed by atoms with van der Waals surface area (Å²) < 4.78 is 10.9. The molecule has 0 fully saturated rings. The Kier molecular flexibility index (Phi) is 5.52. The molecule has 1 aliphatic heterocycles. The van der Waals surface area contributed by atoms with Gasteiger partial charge in [-0.15, -0.1) is 22.7 Å². The molecule has 0 saturated heterocycles. The Bertz CT molecular complexity index is 968. The smallest absolute Gasteiger partial charge is 0.313 e. The molecule has 0 aliphatic carbocycles. The standard InChI is InChI=1S/C20H18N2O5S2/c23-18(19(24)22-13-5-6-14-15(11-13)27-8-7-26-14)21-12-20(25,16-3-1-9-28-16)17-4-2-10-29-17/h1-6,9-11,25H,7-8,12H2,(H,21,23)(H,22,24). The molecule has 0 atom stereocenters. The van der Waals surface area contributed by atoms with E-state index in [4.69, 9.17) is 9.47 Å². The number of benzene rings is 1. The van der Waals surface area contributed by atoms with E-state index in [0.717, 1.165) is 0 Å². The maximum atomic E-state index is 12.3. The number of carbonyl (C=O) groups is 2. The fourth-order valence-corrected chi connectivity index (χ4v) is 4.66. The van der Waals surface area contributed by atoms with E-state index in [9.17, 15) is 14.7 Å². The van der Waals surface area contributed by atoms with Crippen LogP contribution < -0.4 is 20.1 Å². The van der Waals surface area contributed by atoms with E-state index in [1.54, 1.807) is 30.3 Å². The Morgan fingerprint density at radius 2 is 1.62 bits per heavy atom. The van der Waals surface area contributed by atoms with Crippen LogP contribution in [0.4, 0.5) is 5.69 Å². The van der Waals surface area contributed by atoms with Crippen molar-refractivity contribution in [2.24, 2.45) is 0 Å². The predicted octanol–water partition coefficient (Wildman–Crippen LogP) is 2.57. The molecular formula is C20H18N2O5S2. The summed E-state index contributed by atoms with van der Waals surface area (Å²) in [5.74, 6) is -0.567. The van der Waals surface area contributed by atoms with Gasteiger partial charge in [-0.05, 0) is 35.0 Å². The molecular weight excluding hydrogens is 412 g/mol. The number of anilines is 1. The van der Waals surface area contributed by atoms with Crippen molar-refractivity contribution in [2.45, 2.75) is 5.60 Å². The van der Waals surface area contributed by atoms with Gasteiger partial charge in [0, 0.05) is 21.5 Å². The molecule has 2 aromatic heterocycles. The van der Waals surface area contributed by atoms with Gasteiger partial charge in [-0.3, -0.25) is 9.59 Å². The molecule has 0 spiro atoms. The highest BCUT2D eigenvalue weighted by molar-refractivity contribution is 7.11. The Morgan fingerprint density at radius 3 is 2.24 bits per heavy atom. The molecule has 2 amide bonds. The van der Waals surface area contributed by atoms with Crippen LogP contribution in [0.2, 0.25) is 0 Å². The highest BCUT2D eigenvalue weighted by Crippen LogP contribution is 2.35. The van der Waals surface area contributed by atoms with Crippen LogP contribution in [-0.4, -0.2) is 36.7 Å². The quantitative estimate of drug-likeness (QED) is 0.541. The molecule has 3 aromatic rings. The highest BCUT2D eigenvalue weighted by atomic mass is 32.1. The molecule has 7 nitrogen and oxygen atoms in total. The second-order valence-corrected chi connectivity index (χ2v) is 8.21. The molecule has 3 heterocycles. The number of nitrogens with one attached hydrogen (secondary N) is 2. The molecule has 0 radical (unpaired) electrons. The van der Waals surface area contributed by atoms with Crippen LogP contribution in [0.1, 0.15) is 9.75 Å². The molecule has 29 heavy (non-hydrogen) atoms. The minimum Gasteiger partial charge on any atom is -0.486 e. The van der Waals surface area contributed by atoms with Crippen molar-refractivity contribution in [1.82, 2.24) is 5.32 Å². The Balaban J connectivity index is 1.42. The van der Waals surface area contributed by atoms with E-state index < -0.39 is 17.4 Å². The molecule has 150 valence electrons. The number of rotatable bonds is 5. The lowest BCUT2D eigenvalue weighted by atomic mass is 10.00. The minimum atomic E-state index is -1.39. The van der Waals surface area contributed by atoms with Crippen LogP contribution in [0, 0.1) is 0 Å². The molecule has 0 unspecified atom stereocenters. The van der Waals surface area contributed by atoms with E-state index in [0.29, 0.717) is 40.2 Å². The summed E-state index contributed by atoms with van der Waals surface area (Å²) in [6, 6.07) is 12.2. The first-order valence-corrected chi connectivity index (χ1v) is 10.6. The summed E-state index contributed by atoms with van der Waals surface area (Å²) in [5, 5.41) is 20.0. The zero-order valence-electron chi connectivity index (χ0n) is 15.2. The maximum Gasteiger partial charge on any atom is 0.313 e. The van der Waals surface area contributed by atoms with Gasteiger partial charge in [-0.1, -0.05) is 12.1 Å². The fraction of sp³-hybridized carbons (Fsp3) is 0.200. The van der Waals surface area contributed by atoms with E-state index in [1.807, 2.05) is 22.9 Å². The summed E-state index contributed by atoms with van der Waals surface area (Å²) in [4.78, 5) is 26.0. The first kappa shape index (κ1) is 19.4. The Morgan fingerprint density at radius 1 is 0.966 bits per heavy atom. The van der Waals surface area contributed by atoms with Gasteiger partial charge in [0.25, 0.3) is 0 Å². The zero-order chi connectivity index (χ0) is 20.3. The van der Waals surface area contributed by atoms with Gasteiger partial charge in [-0.25, -0.2) is 0 Å². The summed E-state index contributed by atoms with van der Waals surface area (Å²) in [7, 11) is 0. The van der Waals surface area contributed by atoms with Gasteiger partial charge in [0.2, 0.25) is 0 Å². The van der Waals surface area contributed by atoms with Gasteiger partial charge < -0.3 is 25.2 Å². The van der Waals surface area contributed by atoms with Crippen molar-refractivity contribution in [2.75, 3.05) is 25.1 Å². The number of hydrogen-bond donors (Lipinski definition) is 3. The molecule has 0 bridgehead atoms. The lowest BCUT2D eigenvalue weighted by Crippen LogP contribution is -2.44. The van der Waals surface area contributed by atoms with Gasteiger partial charge in [-0.2, -0.15) is 0 Å². The third-order valence-corrected chi connectivity index (χ3v) is 6.41. The summed E-state index contributed by atoms with van der Waals surface area (Å²) >= 11 is 2.77. The van der Waals surface area contributed by atoms with Crippen LogP contribution in [0.3, 0.4) is 0 Å². The van der Waals surface area contributed by atoms with Crippen molar-refractivity contribution in [3.8, 4) is 11.5 Å². The van der Waals surface area contributed by atoms with Crippen LogP contribution in [0.25, 0.3) is 0 Å². The monoisotopic (exact) mass is 430 g/mol. The highest BCUT2D eigenvalue weighted by Gasteiger charge is 2.35. The normalized spacial score (nSPS) is 13.0. The summed E-state index contributed by atoms with van der Waals surface area (Å²) in [5.41, 5.74) is -0.976. The zero-order valence-corrected chi connectivity index (χ0v) is 16.8. The molecule has 1 aromatic carbocycles. The van der Waals surface area contributed by atoms with E-state index in [2.05, 4.69) is 10.6 Å². The maximum absolute atomic E-state index is 12.3. The second kappa shape index (κ2) is 8.24. The third-order valence-electron chi connectivity index (χ3n) is 4.37. The van der Waals surface area contributed by atoms with Crippen molar-refractivity contribution < 1.29 is 24.2 Å². The van der Waals surface area contributed by atoms with Crippen LogP contribution in [0.15, 0.2) is 53.2 Å². The van der Waals surface area contributed by atoms with Crippen molar-refractivity contribution in [3.63, 3.8) is 0 Å². The summed E-state index contributed by atoms with van der Waals surface area (Å²) in [6.45, 7) is 0.773. The van der Waals surface area contributed by atoms with E-state index in [-0.39, 0.29) is 6.54 Å². The van der Waals surface area contributed by atoms with Crippen LogP contribution in [0.5, 0.6) is 11.5 Å². The van der Waals surface area contributed by atoms with E-state index in [1.165, 1.54) is 22.7 Å². The van der Waals surface area contributed by atoms with Crippen molar-refractivity contribution in [3.05, 3.63) is 63.0 Å². The number of aliphatic hydroxyl groups is 1. The second-order valence-electron chi connectivity index (χ2n) is 6.31. The van der Waals surface area contributed by atoms with Crippen molar-refractivity contribution >= 4 is 40.2 Å². The van der Waals surface area contributed by atoms with Gasteiger partial charge in [0.05, 0.1) is 6.54 Å². The van der Waals surface area contributed by atoms with Gasteiger partial charge in [0.15, 0.2) is 11.5 Å². The number of carbonyl (C=O) groups excluding carboxylic acids is 2. The Labute approximate surface area is 174 Å². The first-order valence-electron chi connectivity index (χ1n) is 8.85. The van der Waals surface area contributed by atoms with Gasteiger partial charge in [0.1, 0.15) is 18.8 Å². The number of ether oxygens (including phenoxy) is 2. The average molecular weight is 431 g/mol. The molecule has 3 N–H and O–H groups in total. The molecule has 0 saturated carbocycles. The molecule has 9 heteroatoms. The van der Waals surface area contributed by atoms with Crippen LogP contribution in [-0.2, 0) is 15.2 Å². The predicted molar refractivity (Wildman–Crippen MR) is 111 cm³/mol. The molecule has 4 rings (SSSR count). The number of fused-ring (bicyclic) bond motifs is 1. The number of thiophene rings is 2. The van der Waals surface area contributed by atoms with Gasteiger partial charge >= 0.3 is 11.8 Å². The SMILES string of the molecule is O=C(NCC(O)(c1cccs1)c1cccs1)C(=O)Nc1ccc2c(c1)OCCO2. The topological polar surface area (TPSA) is 96.9 Å². The lowest BCUT2D eigenvalue weighted by Gasteiger charge is -2.26. The van der Waals surface area contributed by atoms with Crippen molar-refractivity contribution in [1.29, 1.82) is 0 Å². The first-order chi connectivity index (χ1) is 14.1. The number of amides is 2. The fourth-order valence-electron chi connectivity index (χ4n) is 2.92. The Hall–Kier alpha value is -2.88.